The number of rotatable bonds is 10. The number of ether oxygens (including phenoxy) is 1. The smallest absolute Gasteiger partial charge is 0.234 e. The molecule has 1 aliphatic heterocycles. The number of nitrogens with zero attached hydrogens (tertiary/aromatic N) is 3. The molecule has 1 aromatic carbocycles. The van der Waals surface area contributed by atoms with Crippen LogP contribution in [-0.2, 0) is 27.3 Å². The highest BCUT2D eigenvalue weighted by atomic mass is 32.2. The molecule has 0 radical (unpaired) electrons. The number of benzene rings is 1. The summed E-state index contributed by atoms with van der Waals surface area (Å²) in [5.74, 6) is 0.868. The van der Waals surface area contributed by atoms with Crippen molar-refractivity contribution in [2.75, 3.05) is 17.7 Å². The zero-order valence-corrected chi connectivity index (χ0v) is 18.3. The summed E-state index contributed by atoms with van der Waals surface area (Å²) in [6, 6.07) is 7.88. The molecule has 0 spiro atoms. The quantitative estimate of drug-likeness (QED) is 0.560. The first-order valence-electron chi connectivity index (χ1n) is 10.3. The van der Waals surface area contributed by atoms with Gasteiger partial charge in [0.15, 0.2) is 5.16 Å². The lowest BCUT2D eigenvalue weighted by molar-refractivity contribution is -0.118. The van der Waals surface area contributed by atoms with Gasteiger partial charge in [-0.2, -0.15) is 0 Å². The molecule has 1 aliphatic rings. The zero-order valence-electron chi connectivity index (χ0n) is 17.5. The normalized spacial score (nSPS) is 16.2. The number of aryl methyl sites for hydroxylation is 1. The van der Waals surface area contributed by atoms with Gasteiger partial charge in [-0.15, -0.1) is 10.2 Å². The van der Waals surface area contributed by atoms with Crippen molar-refractivity contribution in [3.05, 3.63) is 35.7 Å². The van der Waals surface area contributed by atoms with Gasteiger partial charge in [0.25, 0.3) is 0 Å². The van der Waals surface area contributed by atoms with Crippen molar-refractivity contribution in [3.8, 4) is 0 Å². The number of nitrogens with two attached hydrogens (primary N) is 1. The van der Waals surface area contributed by atoms with Gasteiger partial charge in [-0.25, -0.2) is 0 Å². The van der Waals surface area contributed by atoms with E-state index in [1.54, 1.807) is 0 Å². The van der Waals surface area contributed by atoms with Gasteiger partial charge in [-0.05, 0) is 36.5 Å². The summed E-state index contributed by atoms with van der Waals surface area (Å²) in [4.78, 5) is 23.6. The summed E-state index contributed by atoms with van der Waals surface area (Å²) in [7, 11) is 0. The third-order valence-electron chi connectivity index (χ3n) is 4.99. The van der Waals surface area contributed by atoms with Gasteiger partial charge in [-0.3, -0.25) is 9.59 Å². The van der Waals surface area contributed by atoms with Gasteiger partial charge in [0.05, 0.1) is 18.4 Å². The van der Waals surface area contributed by atoms with Crippen LogP contribution in [0.4, 0.5) is 5.69 Å². The molecule has 1 unspecified atom stereocenters. The minimum Gasteiger partial charge on any atom is -0.376 e. The summed E-state index contributed by atoms with van der Waals surface area (Å²) >= 11 is 1.33. The summed E-state index contributed by atoms with van der Waals surface area (Å²) in [5, 5.41) is 12.0. The third-order valence-corrected chi connectivity index (χ3v) is 5.96. The lowest BCUT2D eigenvalue weighted by atomic mass is 10.0. The molecule has 1 atom stereocenters. The van der Waals surface area contributed by atoms with Crippen molar-refractivity contribution >= 4 is 29.3 Å². The second kappa shape index (κ2) is 10.6. The molecule has 0 bridgehead atoms. The monoisotopic (exact) mass is 431 g/mol. The van der Waals surface area contributed by atoms with Crippen LogP contribution < -0.4 is 11.1 Å². The molecule has 0 saturated carbocycles. The predicted molar refractivity (Wildman–Crippen MR) is 116 cm³/mol. The topological polar surface area (TPSA) is 112 Å². The van der Waals surface area contributed by atoms with Gasteiger partial charge in [-0.1, -0.05) is 37.7 Å². The average molecular weight is 432 g/mol. The number of nitrogens with one attached hydrogen (secondary N) is 1. The molecule has 1 aromatic heterocycles. The van der Waals surface area contributed by atoms with E-state index in [0.717, 1.165) is 25.1 Å². The summed E-state index contributed by atoms with van der Waals surface area (Å²) in [6.07, 6.45) is 2.74. The highest BCUT2D eigenvalue weighted by Gasteiger charge is 2.21. The Morgan fingerprint density at radius 3 is 2.70 bits per heavy atom. The van der Waals surface area contributed by atoms with E-state index in [2.05, 4.69) is 29.4 Å². The molecule has 2 aromatic rings. The first kappa shape index (κ1) is 22.3. The molecule has 9 heteroatoms. The van der Waals surface area contributed by atoms with Crippen LogP contribution >= 0.6 is 11.8 Å². The first-order valence-corrected chi connectivity index (χ1v) is 11.3. The number of carbonyl (C=O) groups excluding carboxylic acids is 2. The molecule has 30 heavy (non-hydrogen) atoms. The third kappa shape index (κ3) is 6.30. The molecule has 0 aliphatic carbocycles. The van der Waals surface area contributed by atoms with Gasteiger partial charge >= 0.3 is 0 Å². The number of anilines is 1. The van der Waals surface area contributed by atoms with Gasteiger partial charge in [0.1, 0.15) is 5.82 Å². The fraction of sp³-hybridized carbons (Fsp3) is 0.524. The first-order chi connectivity index (χ1) is 14.4. The van der Waals surface area contributed by atoms with Crippen molar-refractivity contribution in [3.63, 3.8) is 0 Å². The second-order valence-corrected chi connectivity index (χ2v) is 8.67. The Morgan fingerprint density at radius 1 is 1.30 bits per heavy atom. The largest absolute Gasteiger partial charge is 0.376 e. The Hall–Kier alpha value is -2.39. The molecule has 8 nitrogen and oxygen atoms in total. The number of thioether (sulfide) groups is 1. The van der Waals surface area contributed by atoms with Gasteiger partial charge < -0.3 is 20.4 Å². The Balaban J connectivity index is 1.61. The van der Waals surface area contributed by atoms with Crippen LogP contribution in [0.1, 0.15) is 50.4 Å². The second-order valence-electron chi connectivity index (χ2n) is 7.72. The molecule has 2 amide bonds. The lowest BCUT2D eigenvalue weighted by Gasteiger charge is -2.14. The maximum absolute atomic E-state index is 12.4. The Bertz CT molecular complexity index is 860. The average Bonchev–Trinajstić information content (AvgIpc) is 3.35. The van der Waals surface area contributed by atoms with E-state index in [1.165, 1.54) is 17.3 Å². The highest BCUT2D eigenvalue weighted by Crippen LogP contribution is 2.23. The number of hydrogen-bond acceptors (Lipinski definition) is 6. The van der Waals surface area contributed by atoms with Crippen molar-refractivity contribution in [1.29, 1.82) is 0 Å². The van der Waals surface area contributed by atoms with Crippen molar-refractivity contribution in [2.24, 2.45) is 5.73 Å². The predicted octanol–water partition coefficient (Wildman–Crippen LogP) is 2.73. The van der Waals surface area contributed by atoms with Crippen LogP contribution in [0.5, 0.6) is 0 Å². The molecule has 1 fully saturated rings. The summed E-state index contributed by atoms with van der Waals surface area (Å²) in [5.41, 5.74) is 7.28. The van der Waals surface area contributed by atoms with Crippen LogP contribution in [0.15, 0.2) is 29.4 Å². The molecule has 3 N–H and O–H groups in total. The summed E-state index contributed by atoms with van der Waals surface area (Å²) < 4.78 is 7.69. The minimum absolute atomic E-state index is 0.0981. The van der Waals surface area contributed by atoms with Gasteiger partial charge in [0.2, 0.25) is 11.8 Å². The number of hydrogen-bond donors (Lipinski definition) is 2. The van der Waals surface area contributed by atoms with E-state index >= 15 is 0 Å². The Morgan fingerprint density at radius 2 is 2.07 bits per heavy atom. The van der Waals surface area contributed by atoms with E-state index in [0.29, 0.717) is 29.9 Å². The fourth-order valence-electron chi connectivity index (χ4n) is 3.30. The maximum atomic E-state index is 12.4. The van der Waals surface area contributed by atoms with E-state index in [-0.39, 0.29) is 30.1 Å². The Kier molecular flexibility index (Phi) is 7.87. The number of carbonyl (C=O) groups is 2. The van der Waals surface area contributed by atoms with Crippen molar-refractivity contribution in [1.82, 2.24) is 14.8 Å². The van der Waals surface area contributed by atoms with E-state index in [4.69, 9.17) is 10.5 Å². The number of aromatic nitrogens is 3. The van der Waals surface area contributed by atoms with E-state index in [1.807, 2.05) is 28.8 Å². The molecular formula is C21H29N5O3S. The molecule has 1 saturated heterocycles. The SMILES string of the molecule is CC(C)c1ccc(NC(=O)CSc2nnc(CCC(N)=O)n2CC2CCCO2)cc1. The number of primary amides is 1. The molecule has 3 rings (SSSR count). The zero-order chi connectivity index (χ0) is 21.5. The molecule has 162 valence electrons. The van der Waals surface area contributed by atoms with Crippen molar-refractivity contribution in [2.45, 2.75) is 63.3 Å². The van der Waals surface area contributed by atoms with E-state index < -0.39 is 0 Å². The van der Waals surface area contributed by atoms with Crippen molar-refractivity contribution < 1.29 is 14.3 Å². The van der Waals surface area contributed by atoms with Crippen LogP contribution in [0, 0.1) is 0 Å². The standard InChI is InChI=1S/C21H29N5O3S/c1-14(2)15-5-7-16(8-6-15)23-20(28)13-30-21-25-24-19(10-9-18(22)27)26(21)12-17-4-3-11-29-17/h5-8,14,17H,3-4,9-13H2,1-2H3,(H2,22,27)(H,23,28). The van der Waals surface area contributed by atoms with E-state index in [9.17, 15) is 9.59 Å². The van der Waals surface area contributed by atoms with Crippen LogP contribution in [0.2, 0.25) is 0 Å². The fourth-order valence-corrected chi connectivity index (χ4v) is 4.07. The molecular weight excluding hydrogens is 402 g/mol. The molecule has 2 heterocycles. The maximum Gasteiger partial charge on any atom is 0.234 e. The number of amides is 2. The summed E-state index contributed by atoms with van der Waals surface area (Å²) in [6.45, 7) is 5.63. The van der Waals surface area contributed by atoms with Gasteiger partial charge in [0, 0.05) is 25.1 Å². The lowest BCUT2D eigenvalue weighted by Crippen LogP contribution is -2.20. The van der Waals surface area contributed by atoms with Crippen LogP contribution in [0.3, 0.4) is 0 Å². The van der Waals surface area contributed by atoms with Crippen LogP contribution in [0.25, 0.3) is 0 Å². The van der Waals surface area contributed by atoms with Crippen LogP contribution in [-0.4, -0.2) is 45.0 Å². The Labute approximate surface area is 181 Å². The minimum atomic E-state index is -0.376. The highest BCUT2D eigenvalue weighted by molar-refractivity contribution is 7.99.